The summed E-state index contributed by atoms with van der Waals surface area (Å²) in [5.41, 5.74) is 2.66. The number of anilines is 1. The molecular formula is C16H21NO. The average molecular weight is 243 g/mol. The molecule has 0 saturated heterocycles. The van der Waals surface area contributed by atoms with Crippen LogP contribution < -0.4 is 5.32 Å². The lowest BCUT2D eigenvalue weighted by Crippen LogP contribution is -2.43. The van der Waals surface area contributed by atoms with Gasteiger partial charge >= 0.3 is 0 Å². The third-order valence-corrected chi connectivity index (χ3v) is 4.30. The number of hydrogen-bond donors (Lipinski definition) is 1. The van der Waals surface area contributed by atoms with Gasteiger partial charge in [-0.05, 0) is 36.8 Å². The molecule has 3 atom stereocenters. The van der Waals surface area contributed by atoms with Crippen LogP contribution in [0, 0.1) is 11.8 Å². The van der Waals surface area contributed by atoms with E-state index < -0.39 is 0 Å². The van der Waals surface area contributed by atoms with Gasteiger partial charge in [0.15, 0.2) is 0 Å². The molecular weight excluding hydrogens is 222 g/mol. The Morgan fingerprint density at radius 2 is 2.22 bits per heavy atom. The van der Waals surface area contributed by atoms with Crippen molar-refractivity contribution >= 4 is 5.69 Å². The molecule has 2 aliphatic carbocycles. The summed E-state index contributed by atoms with van der Waals surface area (Å²) in [7, 11) is 1.76. The van der Waals surface area contributed by atoms with Crippen molar-refractivity contribution in [2.24, 2.45) is 11.8 Å². The average Bonchev–Trinajstić information content (AvgIpc) is 2.76. The number of nitrogens with one attached hydrogen (secondary N) is 1. The highest BCUT2D eigenvalue weighted by molar-refractivity contribution is 5.52. The Labute approximate surface area is 109 Å². The summed E-state index contributed by atoms with van der Waals surface area (Å²) >= 11 is 0. The maximum atomic E-state index is 5.18. The van der Waals surface area contributed by atoms with E-state index in [4.69, 9.17) is 4.74 Å². The Hall–Kier alpha value is -1.28. The Morgan fingerprint density at radius 1 is 1.33 bits per heavy atom. The van der Waals surface area contributed by atoms with Crippen LogP contribution >= 0.6 is 0 Å². The first-order valence-corrected chi connectivity index (χ1v) is 6.88. The largest absolute Gasteiger partial charge is 0.384 e. The van der Waals surface area contributed by atoms with Crippen LogP contribution in [0.3, 0.4) is 0 Å². The molecule has 0 heterocycles. The number of methoxy groups -OCH3 is 1. The van der Waals surface area contributed by atoms with E-state index >= 15 is 0 Å². The maximum absolute atomic E-state index is 5.18. The molecule has 0 amide bonds. The molecule has 1 N–H and O–H groups in total. The zero-order chi connectivity index (χ0) is 12.4. The lowest BCUT2D eigenvalue weighted by molar-refractivity contribution is 0.202. The van der Waals surface area contributed by atoms with Crippen LogP contribution in [-0.2, 0) is 11.2 Å². The number of fused-ring (bicyclic) bond motifs is 1. The fourth-order valence-corrected chi connectivity index (χ4v) is 3.17. The van der Waals surface area contributed by atoms with Crippen LogP contribution in [0.5, 0.6) is 0 Å². The number of rotatable bonds is 5. The fourth-order valence-electron chi connectivity index (χ4n) is 3.17. The summed E-state index contributed by atoms with van der Waals surface area (Å²) < 4.78 is 5.18. The summed E-state index contributed by atoms with van der Waals surface area (Å²) in [6, 6.07) is 9.24. The summed E-state index contributed by atoms with van der Waals surface area (Å²) in [4.78, 5) is 0. The van der Waals surface area contributed by atoms with Gasteiger partial charge in [0, 0.05) is 24.8 Å². The van der Waals surface area contributed by atoms with Crippen molar-refractivity contribution in [2.45, 2.75) is 25.3 Å². The second kappa shape index (κ2) is 5.15. The molecule has 0 aliphatic heterocycles. The molecule has 0 radical (unpaired) electrons. The lowest BCUT2D eigenvalue weighted by atomic mass is 9.71. The normalized spacial score (nSPS) is 28.8. The molecule has 1 fully saturated rings. The molecule has 3 rings (SSSR count). The zero-order valence-corrected chi connectivity index (χ0v) is 10.9. The second-order valence-electron chi connectivity index (χ2n) is 5.39. The third-order valence-electron chi connectivity index (χ3n) is 4.30. The first-order chi connectivity index (χ1) is 8.88. The Kier molecular flexibility index (Phi) is 3.37. The van der Waals surface area contributed by atoms with Crippen molar-refractivity contribution in [3.05, 3.63) is 42.0 Å². The van der Waals surface area contributed by atoms with Crippen molar-refractivity contribution in [1.29, 1.82) is 0 Å². The van der Waals surface area contributed by atoms with Crippen LogP contribution in [0.25, 0.3) is 0 Å². The van der Waals surface area contributed by atoms with Gasteiger partial charge in [-0.25, -0.2) is 0 Å². The maximum Gasteiger partial charge on any atom is 0.0503 e. The minimum atomic E-state index is 0.637. The van der Waals surface area contributed by atoms with Crippen LogP contribution in [0.1, 0.15) is 18.4 Å². The number of hydrogen-bond acceptors (Lipinski definition) is 2. The number of allylic oxidation sites excluding steroid dienone is 1. The summed E-state index contributed by atoms with van der Waals surface area (Å²) in [5, 5.41) is 3.72. The molecule has 3 unspecified atom stereocenters. The predicted octanol–water partition coefficient (Wildman–Crippen LogP) is 3.25. The van der Waals surface area contributed by atoms with Gasteiger partial charge in [-0.1, -0.05) is 30.4 Å². The Balaban J connectivity index is 1.66. The summed E-state index contributed by atoms with van der Waals surface area (Å²) in [5.74, 6) is 1.68. The van der Waals surface area contributed by atoms with E-state index in [2.05, 4.69) is 41.7 Å². The number of ether oxygens (including phenoxy) is 1. The molecule has 1 saturated carbocycles. The van der Waals surface area contributed by atoms with Crippen LogP contribution in [-0.4, -0.2) is 19.8 Å². The van der Waals surface area contributed by atoms with Gasteiger partial charge in [-0.3, -0.25) is 0 Å². The Morgan fingerprint density at radius 3 is 3.06 bits per heavy atom. The summed E-state index contributed by atoms with van der Waals surface area (Å²) in [6.45, 7) is 0.787. The third kappa shape index (κ3) is 2.17. The van der Waals surface area contributed by atoms with Gasteiger partial charge in [-0.15, -0.1) is 0 Å². The van der Waals surface area contributed by atoms with Crippen molar-refractivity contribution in [3.63, 3.8) is 0 Å². The highest BCUT2D eigenvalue weighted by atomic mass is 16.5. The molecule has 96 valence electrons. The van der Waals surface area contributed by atoms with E-state index in [-0.39, 0.29) is 0 Å². The Bertz CT molecular complexity index is 440. The molecule has 18 heavy (non-hydrogen) atoms. The van der Waals surface area contributed by atoms with Gasteiger partial charge < -0.3 is 10.1 Å². The van der Waals surface area contributed by atoms with Crippen molar-refractivity contribution in [1.82, 2.24) is 0 Å². The quantitative estimate of drug-likeness (QED) is 0.802. The highest BCUT2D eigenvalue weighted by Gasteiger charge is 2.40. The SMILES string of the molecule is COCCc1ccccc1NC1CC2CC=CC21. The van der Waals surface area contributed by atoms with E-state index in [0.717, 1.165) is 24.9 Å². The molecule has 2 heteroatoms. The summed E-state index contributed by atoms with van der Waals surface area (Å²) in [6.07, 6.45) is 8.32. The van der Waals surface area contributed by atoms with Gasteiger partial charge in [0.1, 0.15) is 0 Å². The first kappa shape index (κ1) is 11.8. The second-order valence-corrected chi connectivity index (χ2v) is 5.39. The van der Waals surface area contributed by atoms with E-state index in [1.165, 1.54) is 24.1 Å². The first-order valence-electron chi connectivity index (χ1n) is 6.88. The van der Waals surface area contributed by atoms with Gasteiger partial charge in [0.25, 0.3) is 0 Å². The van der Waals surface area contributed by atoms with Gasteiger partial charge in [-0.2, -0.15) is 0 Å². The van der Waals surface area contributed by atoms with Crippen LogP contribution in [0.15, 0.2) is 36.4 Å². The minimum Gasteiger partial charge on any atom is -0.384 e. The highest BCUT2D eigenvalue weighted by Crippen LogP contribution is 2.44. The van der Waals surface area contributed by atoms with Crippen molar-refractivity contribution in [3.8, 4) is 0 Å². The van der Waals surface area contributed by atoms with Crippen molar-refractivity contribution in [2.75, 3.05) is 19.0 Å². The smallest absolute Gasteiger partial charge is 0.0503 e. The molecule has 0 aromatic heterocycles. The molecule has 0 spiro atoms. The van der Waals surface area contributed by atoms with Crippen LogP contribution in [0.4, 0.5) is 5.69 Å². The monoisotopic (exact) mass is 243 g/mol. The standard InChI is InChI=1S/C16H21NO/c1-18-10-9-12-5-2-3-8-15(12)17-16-11-13-6-4-7-14(13)16/h2-5,7-8,13-14,16-17H,6,9-11H2,1H3. The van der Waals surface area contributed by atoms with Crippen molar-refractivity contribution < 1.29 is 4.74 Å². The fraction of sp³-hybridized carbons (Fsp3) is 0.500. The molecule has 1 aromatic carbocycles. The number of benzene rings is 1. The number of para-hydroxylation sites is 1. The van der Waals surface area contributed by atoms with E-state index in [9.17, 15) is 0 Å². The van der Waals surface area contributed by atoms with E-state index in [1.54, 1.807) is 7.11 Å². The zero-order valence-electron chi connectivity index (χ0n) is 10.9. The molecule has 2 aliphatic rings. The topological polar surface area (TPSA) is 21.3 Å². The van der Waals surface area contributed by atoms with E-state index in [0.29, 0.717) is 6.04 Å². The predicted molar refractivity (Wildman–Crippen MR) is 74.8 cm³/mol. The van der Waals surface area contributed by atoms with Gasteiger partial charge in [0.05, 0.1) is 6.61 Å². The van der Waals surface area contributed by atoms with Gasteiger partial charge in [0.2, 0.25) is 0 Å². The van der Waals surface area contributed by atoms with E-state index in [1.807, 2.05) is 0 Å². The molecule has 2 nitrogen and oxygen atoms in total. The van der Waals surface area contributed by atoms with Crippen LogP contribution in [0.2, 0.25) is 0 Å². The molecule has 0 bridgehead atoms. The lowest BCUT2D eigenvalue weighted by Gasteiger charge is -2.41. The molecule has 1 aromatic rings. The minimum absolute atomic E-state index is 0.637.